The largest absolute Gasteiger partial charge is 0.481 e. The number of rotatable bonds is 4. The van der Waals surface area contributed by atoms with E-state index in [1.807, 2.05) is 20.8 Å². The van der Waals surface area contributed by atoms with Crippen LogP contribution in [0.25, 0.3) is 0 Å². The monoisotopic (exact) mass is 456 g/mol. The lowest BCUT2D eigenvalue weighted by molar-refractivity contribution is -0.351. The van der Waals surface area contributed by atoms with Crippen LogP contribution in [0.3, 0.4) is 0 Å². The molecule has 4 saturated carbocycles. The van der Waals surface area contributed by atoms with Crippen molar-refractivity contribution in [2.24, 2.45) is 46.3 Å². The van der Waals surface area contributed by atoms with Crippen LogP contribution in [0.5, 0.6) is 0 Å². The molecular weight excluding hydrogens is 416 g/mol. The van der Waals surface area contributed by atoms with Crippen molar-refractivity contribution in [3.05, 3.63) is 0 Å². The Kier molecular flexibility index (Phi) is 5.80. The lowest BCUT2D eigenvalue weighted by Gasteiger charge is -2.66. The highest BCUT2D eigenvalue weighted by Crippen LogP contribution is 2.70. The third-order valence-corrected chi connectivity index (χ3v) is 10.6. The first-order valence-corrected chi connectivity index (χ1v) is 12.1. The minimum atomic E-state index is -2.26. The molecule has 0 aromatic carbocycles. The SMILES string of the molecule is CC(CCC(=O)O)C1CCC2C3C(CC(O)C12C)C1(C)CCC(O)(O)C(O)C1CC3(O)O. The van der Waals surface area contributed by atoms with E-state index < -0.39 is 52.4 Å². The number of carboxylic acid groups (broad SMARTS) is 1. The molecule has 0 bridgehead atoms. The van der Waals surface area contributed by atoms with Crippen LogP contribution in [0, 0.1) is 46.3 Å². The highest BCUT2D eigenvalue weighted by Gasteiger charge is 2.71. The smallest absolute Gasteiger partial charge is 0.303 e. The van der Waals surface area contributed by atoms with Gasteiger partial charge in [0.2, 0.25) is 0 Å². The molecule has 0 radical (unpaired) electrons. The fourth-order valence-corrected chi connectivity index (χ4v) is 8.75. The second-order valence-electron chi connectivity index (χ2n) is 12.0. The summed E-state index contributed by atoms with van der Waals surface area (Å²) in [5, 5.41) is 74.3. The number of hydrogen-bond acceptors (Lipinski definition) is 7. The topological polar surface area (TPSA) is 159 Å². The summed E-state index contributed by atoms with van der Waals surface area (Å²) >= 11 is 0. The summed E-state index contributed by atoms with van der Waals surface area (Å²) in [5.41, 5.74) is -1.10. The molecule has 4 rings (SSSR count). The second kappa shape index (κ2) is 7.62. The summed E-state index contributed by atoms with van der Waals surface area (Å²) < 4.78 is 0. The number of aliphatic carboxylic acids is 1. The van der Waals surface area contributed by atoms with Crippen LogP contribution in [-0.4, -0.2) is 65.5 Å². The van der Waals surface area contributed by atoms with Gasteiger partial charge in [0.25, 0.3) is 0 Å². The molecule has 8 nitrogen and oxygen atoms in total. The molecule has 10 atom stereocenters. The highest BCUT2D eigenvalue weighted by molar-refractivity contribution is 5.66. The third kappa shape index (κ3) is 3.36. The van der Waals surface area contributed by atoms with E-state index in [4.69, 9.17) is 5.11 Å². The Morgan fingerprint density at radius 3 is 2.25 bits per heavy atom. The second-order valence-corrected chi connectivity index (χ2v) is 12.0. The van der Waals surface area contributed by atoms with Crippen LogP contribution >= 0.6 is 0 Å². The molecule has 10 unspecified atom stereocenters. The standard InChI is InChI=1S/C24H40O8/c1-12(4-7-18(26)27)13-5-6-14-19-15(10-17(25)22(13,14)3)21(2)8-9-23(29,30)20(28)16(21)11-24(19,31)32/h12-17,19-20,25,28-32H,4-11H2,1-3H3,(H,26,27). The Labute approximate surface area is 189 Å². The molecular formula is C24H40O8. The van der Waals surface area contributed by atoms with E-state index in [-0.39, 0.29) is 42.9 Å². The number of aliphatic hydroxyl groups excluding tert-OH is 2. The molecule has 0 heterocycles. The zero-order chi connectivity index (χ0) is 23.9. The molecule has 0 aliphatic heterocycles. The lowest BCUT2D eigenvalue weighted by atomic mass is 9.41. The van der Waals surface area contributed by atoms with E-state index in [2.05, 4.69) is 0 Å². The Morgan fingerprint density at radius 2 is 1.62 bits per heavy atom. The van der Waals surface area contributed by atoms with Gasteiger partial charge in [-0.2, -0.15) is 0 Å². The van der Waals surface area contributed by atoms with Crippen LogP contribution in [0.4, 0.5) is 0 Å². The Bertz CT molecular complexity index is 752. The van der Waals surface area contributed by atoms with Crippen molar-refractivity contribution >= 4 is 5.97 Å². The minimum absolute atomic E-state index is 0.00111. The molecule has 0 spiro atoms. The lowest BCUT2D eigenvalue weighted by Crippen LogP contribution is -2.70. The van der Waals surface area contributed by atoms with Gasteiger partial charge in [0.05, 0.1) is 6.10 Å². The van der Waals surface area contributed by atoms with Gasteiger partial charge in [-0.1, -0.05) is 20.8 Å². The van der Waals surface area contributed by atoms with Crippen LogP contribution in [-0.2, 0) is 4.79 Å². The first kappa shape index (κ1) is 24.4. The first-order valence-electron chi connectivity index (χ1n) is 12.1. The van der Waals surface area contributed by atoms with Crippen molar-refractivity contribution in [2.45, 2.75) is 95.9 Å². The molecule has 0 amide bonds. The third-order valence-electron chi connectivity index (χ3n) is 10.6. The van der Waals surface area contributed by atoms with Gasteiger partial charge in [-0.15, -0.1) is 0 Å². The molecule has 4 aliphatic carbocycles. The molecule has 0 saturated heterocycles. The van der Waals surface area contributed by atoms with Crippen LogP contribution in [0.15, 0.2) is 0 Å². The maximum atomic E-state index is 11.5. The van der Waals surface area contributed by atoms with Crippen molar-refractivity contribution in [3.8, 4) is 0 Å². The highest BCUT2D eigenvalue weighted by atomic mass is 16.5. The Hall–Kier alpha value is -0.770. The van der Waals surface area contributed by atoms with E-state index in [0.29, 0.717) is 19.3 Å². The molecule has 184 valence electrons. The summed E-state index contributed by atoms with van der Waals surface area (Å²) in [6.07, 6.45) is 0.590. The molecule has 4 aliphatic rings. The van der Waals surface area contributed by atoms with Gasteiger partial charge in [-0.05, 0) is 66.6 Å². The number of carboxylic acids is 1. The number of aliphatic hydroxyl groups is 6. The number of hydrogen-bond donors (Lipinski definition) is 7. The van der Waals surface area contributed by atoms with Crippen molar-refractivity contribution in [2.75, 3.05) is 0 Å². The van der Waals surface area contributed by atoms with E-state index >= 15 is 0 Å². The van der Waals surface area contributed by atoms with Crippen molar-refractivity contribution in [1.29, 1.82) is 0 Å². The fourth-order valence-electron chi connectivity index (χ4n) is 8.75. The maximum Gasteiger partial charge on any atom is 0.303 e. The number of fused-ring (bicyclic) bond motifs is 5. The zero-order valence-electron chi connectivity index (χ0n) is 19.3. The number of carbonyl (C=O) groups is 1. The quantitative estimate of drug-likeness (QED) is 0.309. The molecule has 0 aromatic rings. The van der Waals surface area contributed by atoms with Crippen LogP contribution in [0.1, 0.15) is 72.1 Å². The van der Waals surface area contributed by atoms with Gasteiger partial charge >= 0.3 is 5.97 Å². The van der Waals surface area contributed by atoms with Crippen molar-refractivity contribution in [1.82, 2.24) is 0 Å². The van der Waals surface area contributed by atoms with Crippen molar-refractivity contribution < 1.29 is 40.5 Å². The van der Waals surface area contributed by atoms with Gasteiger partial charge < -0.3 is 35.7 Å². The van der Waals surface area contributed by atoms with E-state index in [9.17, 15) is 35.4 Å². The van der Waals surface area contributed by atoms with Gasteiger partial charge in [0.15, 0.2) is 11.6 Å². The summed E-state index contributed by atoms with van der Waals surface area (Å²) in [7, 11) is 0. The molecule has 0 aromatic heterocycles. The first-order chi connectivity index (χ1) is 14.7. The minimum Gasteiger partial charge on any atom is -0.481 e. The molecule has 4 fully saturated rings. The molecule has 8 heteroatoms. The van der Waals surface area contributed by atoms with E-state index in [0.717, 1.165) is 12.8 Å². The normalized spacial score (nSPS) is 50.1. The fraction of sp³-hybridized carbons (Fsp3) is 0.958. The van der Waals surface area contributed by atoms with Crippen LogP contribution < -0.4 is 0 Å². The zero-order valence-corrected chi connectivity index (χ0v) is 19.3. The predicted octanol–water partition coefficient (Wildman–Crippen LogP) is 1.06. The maximum absolute atomic E-state index is 11.5. The average molecular weight is 457 g/mol. The van der Waals surface area contributed by atoms with Gasteiger partial charge in [-0.3, -0.25) is 4.79 Å². The summed E-state index contributed by atoms with van der Waals surface area (Å²) in [4.78, 5) is 11.1. The summed E-state index contributed by atoms with van der Waals surface area (Å²) in [6.45, 7) is 6.05. The van der Waals surface area contributed by atoms with E-state index in [1.165, 1.54) is 0 Å². The van der Waals surface area contributed by atoms with Crippen molar-refractivity contribution in [3.63, 3.8) is 0 Å². The predicted molar refractivity (Wildman–Crippen MR) is 114 cm³/mol. The molecule has 32 heavy (non-hydrogen) atoms. The average Bonchev–Trinajstić information content (AvgIpc) is 3.04. The van der Waals surface area contributed by atoms with Crippen LogP contribution in [0.2, 0.25) is 0 Å². The molecule has 7 N–H and O–H groups in total. The Morgan fingerprint density at radius 1 is 0.969 bits per heavy atom. The summed E-state index contributed by atoms with van der Waals surface area (Å²) in [5.74, 6) is -6.62. The van der Waals surface area contributed by atoms with Gasteiger partial charge in [0.1, 0.15) is 6.10 Å². The van der Waals surface area contributed by atoms with Gasteiger partial charge in [0, 0.05) is 31.1 Å². The van der Waals surface area contributed by atoms with Gasteiger partial charge in [-0.25, -0.2) is 0 Å². The Balaban J connectivity index is 1.68. The summed E-state index contributed by atoms with van der Waals surface area (Å²) in [6, 6.07) is 0. The van der Waals surface area contributed by atoms with E-state index in [1.54, 1.807) is 0 Å².